The van der Waals surface area contributed by atoms with E-state index < -0.39 is 0 Å². The van der Waals surface area contributed by atoms with E-state index >= 15 is 0 Å². The van der Waals surface area contributed by atoms with Gasteiger partial charge in [-0.3, -0.25) is 0 Å². The third kappa shape index (κ3) is 7.37. The Hall–Kier alpha value is -2.48. The third-order valence-electron chi connectivity index (χ3n) is 3.17. The number of rotatable bonds is 4. The molecule has 0 aliphatic carbocycles. The van der Waals surface area contributed by atoms with E-state index in [4.69, 9.17) is 0 Å². The number of allylic oxidation sites excluding steroid dienone is 2. The van der Waals surface area contributed by atoms with Crippen molar-refractivity contribution in [3.05, 3.63) is 84.2 Å². The van der Waals surface area contributed by atoms with Crippen LogP contribution in [0.15, 0.2) is 78.6 Å². The van der Waals surface area contributed by atoms with Crippen LogP contribution in [0.3, 0.4) is 0 Å². The van der Waals surface area contributed by atoms with Crippen LogP contribution in [-0.4, -0.2) is 7.05 Å². The molecular formula is C21H28N2. The van der Waals surface area contributed by atoms with Crippen molar-refractivity contribution in [3.8, 4) is 0 Å². The molecule has 0 saturated carbocycles. The fraction of sp³-hybridized carbons (Fsp3) is 0.238. The van der Waals surface area contributed by atoms with E-state index in [0.717, 1.165) is 5.69 Å². The fourth-order valence-corrected chi connectivity index (χ4v) is 2.03. The molecule has 0 aliphatic heterocycles. The van der Waals surface area contributed by atoms with Crippen molar-refractivity contribution in [2.45, 2.75) is 27.7 Å². The molecule has 1 N–H and O–H groups in total. The number of nitrogens with zero attached hydrogens (tertiary/aromatic N) is 1. The molecule has 2 rings (SSSR count). The number of benzene rings is 2. The summed E-state index contributed by atoms with van der Waals surface area (Å²) in [5.74, 6) is 0. The van der Waals surface area contributed by atoms with Crippen LogP contribution >= 0.6 is 0 Å². The van der Waals surface area contributed by atoms with Gasteiger partial charge in [0.05, 0.1) is 0 Å². The molecule has 122 valence electrons. The zero-order chi connectivity index (χ0) is 17.1. The highest BCUT2D eigenvalue weighted by Gasteiger charge is 1.98. The average Bonchev–Trinajstić information content (AvgIpc) is 2.55. The van der Waals surface area contributed by atoms with Gasteiger partial charge in [0.15, 0.2) is 0 Å². The first-order valence-electron chi connectivity index (χ1n) is 7.91. The second-order valence-corrected chi connectivity index (χ2v) is 5.61. The minimum atomic E-state index is 1.13. The lowest BCUT2D eigenvalue weighted by molar-refractivity contribution is 1.17. The van der Waals surface area contributed by atoms with Gasteiger partial charge in [0.2, 0.25) is 0 Å². The lowest BCUT2D eigenvalue weighted by Gasteiger charge is -2.16. The molecule has 0 spiro atoms. The monoisotopic (exact) mass is 308 g/mol. The number of para-hydroxylation sites is 2. The molecule has 0 amide bonds. The number of hydrogen-bond donors (Lipinski definition) is 1. The highest BCUT2D eigenvalue weighted by molar-refractivity contribution is 5.54. The highest BCUT2D eigenvalue weighted by atomic mass is 15.1. The lowest BCUT2D eigenvalue weighted by atomic mass is 10.2. The Labute approximate surface area is 141 Å². The highest BCUT2D eigenvalue weighted by Crippen LogP contribution is 2.17. The average molecular weight is 308 g/mol. The van der Waals surface area contributed by atoms with Crippen molar-refractivity contribution < 1.29 is 0 Å². The number of anilines is 2. The summed E-state index contributed by atoms with van der Waals surface area (Å²) >= 11 is 0. The summed E-state index contributed by atoms with van der Waals surface area (Å²) in [6.07, 6.45) is 6.09. The van der Waals surface area contributed by atoms with Crippen molar-refractivity contribution in [2.75, 3.05) is 17.3 Å². The van der Waals surface area contributed by atoms with Gasteiger partial charge in [0, 0.05) is 18.4 Å². The molecule has 0 heterocycles. The fourth-order valence-electron chi connectivity index (χ4n) is 2.03. The third-order valence-corrected chi connectivity index (χ3v) is 3.17. The zero-order valence-electron chi connectivity index (χ0n) is 14.9. The van der Waals surface area contributed by atoms with E-state index in [1.807, 2.05) is 49.5 Å². The van der Waals surface area contributed by atoms with Crippen LogP contribution in [0.5, 0.6) is 0 Å². The summed E-state index contributed by atoms with van der Waals surface area (Å²) in [5, 5.41) is 3.18. The summed E-state index contributed by atoms with van der Waals surface area (Å²) in [6, 6.07) is 18.5. The maximum absolute atomic E-state index is 3.18. The molecule has 0 saturated heterocycles. The van der Waals surface area contributed by atoms with E-state index in [9.17, 15) is 0 Å². The normalized spacial score (nSPS) is 9.78. The molecule has 0 aromatic heterocycles. The number of nitrogens with one attached hydrogen (secondary N) is 1. The van der Waals surface area contributed by atoms with Crippen LogP contribution in [-0.2, 0) is 0 Å². The SMILES string of the molecule is C/C=C\N(C)c1ccccc1C.CC(C)=CNc1ccccc1. The molecule has 23 heavy (non-hydrogen) atoms. The number of aryl methyl sites for hydroxylation is 1. The first-order valence-corrected chi connectivity index (χ1v) is 7.91. The Balaban J connectivity index is 0.000000231. The van der Waals surface area contributed by atoms with Gasteiger partial charge >= 0.3 is 0 Å². The number of hydrogen-bond acceptors (Lipinski definition) is 2. The molecule has 2 heteroatoms. The van der Waals surface area contributed by atoms with E-state index in [2.05, 4.69) is 68.5 Å². The van der Waals surface area contributed by atoms with Gasteiger partial charge in [0.25, 0.3) is 0 Å². The van der Waals surface area contributed by atoms with E-state index in [1.165, 1.54) is 16.8 Å². The van der Waals surface area contributed by atoms with Crippen LogP contribution in [0.25, 0.3) is 0 Å². The van der Waals surface area contributed by atoms with E-state index in [0.29, 0.717) is 0 Å². The Morgan fingerprint density at radius 2 is 1.57 bits per heavy atom. The molecule has 0 bridgehead atoms. The Morgan fingerprint density at radius 1 is 0.957 bits per heavy atom. The smallest absolute Gasteiger partial charge is 0.0433 e. The molecule has 0 aliphatic rings. The molecule has 2 aromatic carbocycles. The molecule has 0 radical (unpaired) electrons. The molecule has 2 aromatic rings. The maximum Gasteiger partial charge on any atom is 0.0433 e. The van der Waals surface area contributed by atoms with Crippen LogP contribution in [0.2, 0.25) is 0 Å². The van der Waals surface area contributed by atoms with Gasteiger partial charge in [-0.15, -0.1) is 0 Å². The lowest BCUT2D eigenvalue weighted by Crippen LogP contribution is -2.08. The molecule has 2 nitrogen and oxygen atoms in total. The minimum Gasteiger partial charge on any atom is -0.362 e. The minimum absolute atomic E-state index is 1.13. The van der Waals surface area contributed by atoms with Crippen LogP contribution in [0, 0.1) is 6.92 Å². The summed E-state index contributed by atoms with van der Waals surface area (Å²) < 4.78 is 0. The largest absolute Gasteiger partial charge is 0.362 e. The van der Waals surface area contributed by atoms with Crippen molar-refractivity contribution >= 4 is 11.4 Å². The van der Waals surface area contributed by atoms with Crippen molar-refractivity contribution in [3.63, 3.8) is 0 Å². The Morgan fingerprint density at radius 3 is 2.13 bits per heavy atom. The first-order chi connectivity index (χ1) is 11.0. The molecule has 0 fully saturated rings. The van der Waals surface area contributed by atoms with Crippen LogP contribution < -0.4 is 10.2 Å². The standard InChI is InChI=1S/C11H15N.C10H13N/c1-4-9-12(3)11-8-6-5-7-10(11)2;1-9(2)8-11-10-6-4-3-5-7-10/h4-9H,1-3H3;3-8,11H,1-2H3/b9-4-;. The summed E-state index contributed by atoms with van der Waals surface area (Å²) in [7, 11) is 2.06. The second-order valence-electron chi connectivity index (χ2n) is 5.61. The summed E-state index contributed by atoms with van der Waals surface area (Å²) in [6.45, 7) is 8.27. The second kappa shape index (κ2) is 10.3. The van der Waals surface area contributed by atoms with Crippen LogP contribution in [0.4, 0.5) is 11.4 Å². The van der Waals surface area contributed by atoms with Gasteiger partial charge in [-0.2, -0.15) is 0 Å². The Bertz CT molecular complexity index is 623. The van der Waals surface area contributed by atoms with Crippen molar-refractivity contribution in [2.24, 2.45) is 0 Å². The maximum atomic E-state index is 3.18. The zero-order valence-corrected chi connectivity index (χ0v) is 14.9. The van der Waals surface area contributed by atoms with Crippen molar-refractivity contribution in [1.29, 1.82) is 0 Å². The van der Waals surface area contributed by atoms with Gasteiger partial charge in [0.1, 0.15) is 0 Å². The van der Waals surface area contributed by atoms with Gasteiger partial charge < -0.3 is 10.2 Å². The van der Waals surface area contributed by atoms with Crippen molar-refractivity contribution in [1.82, 2.24) is 0 Å². The van der Waals surface area contributed by atoms with Gasteiger partial charge in [-0.25, -0.2) is 0 Å². The van der Waals surface area contributed by atoms with E-state index in [1.54, 1.807) is 0 Å². The molecule has 0 atom stereocenters. The molecule has 0 unspecified atom stereocenters. The topological polar surface area (TPSA) is 15.3 Å². The summed E-state index contributed by atoms with van der Waals surface area (Å²) in [5.41, 5.74) is 4.97. The summed E-state index contributed by atoms with van der Waals surface area (Å²) in [4.78, 5) is 2.12. The van der Waals surface area contributed by atoms with Gasteiger partial charge in [-0.05, 0) is 63.9 Å². The first kappa shape index (κ1) is 18.6. The van der Waals surface area contributed by atoms with Gasteiger partial charge in [-0.1, -0.05) is 48.0 Å². The van der Waals surface area contributed by atoms with Crippen LogP contribution in [0.1, 0.15) is 26.3 Å². The quantitative estimate of drug-likeness (QED) is 0.746. The van der Waals surface area contributed by atoms with E-state index in [-0.39, 0.29) is 0 Å². The predicted octanol–water partition coefficient (Wildman–Crippen LogP) is 5.99. The molecular weight excluding hydrogens is 280 g/mol. The predicted molar refractivity (Wildman–Crippen MR) is 104 cm³/mol. The Kier molecular flexibility index (Phi) is 8.30.